The third-order valence-corrected chi connectivity index (χ3v) is 3.23. The Labute approximate surface area is 99.9 Å². The summed E-state index contributed by atoms with van der Waals surface area (Å²) in [5.41, 5.74) is 0. The molecule has 0 spiro atoms. The van der Waals surface area contributed by atoms with Gasteiger partial charge in [0.1, 0.15) is 0 Å². The molecule has 1 aliphatic carbocycles. The SMILES string of the molecule is CCNC(COCC)CC1CC(OCC)C1. The average molecular weight is 229 g/mol. The lowest BCUT2D eigenvalue weighted by molar-refractivity contribution is -0.0318. The summed E-state index contributed by atoms with van der Waals surface area (Å²) < 4.78 is 11.1. The van der Waals surface area contributed by atoms with Crippen LogP contribution < -0.4 is 5.32 Å². The number of ether oxygens (including phenoxy) is 2. The van der Waals surface area contributed by atoms with Crippen molar-refractivity contribution in [1.29, 1.82) is 0 Å². The first kappa shape index (κ1) is 13.9. The van der Waals surface area contributed by atoms with Crippen molar-refractivity contribution in [2.75, 3.05) is 26.4 Å². The van der Waals surface area contributed by atoms with E-state index in [0.29, 0.717) is 12.1 Å². The van der Waals surface area contributed by atoms with Crippen molar-refractivity contribution in [3.8, 4) is 0 Å². The zero-order valence-electron chi connectivity index (χ0n) is 11.0. The van der Waals surface area contributed by atoms with Crippen LogP contribution in [0.5, 0.6) is 0 Å². The van der Waals surface area contributed by atoms with Crippen LogP contribution in [0, 0.1) is 5.92 Å². The van der Waals surface area contributed by atoms with Crippen molar-refractivity contribution in [3.63, 3.8) is 0 Å². The van der Waals surface area contributed by atoms with Crippen LogP contribution >= 0.6 is 0 Å². The molecule has 1 N–H and O–H groups in total. The van der Waals surface area contributed by atoms with Crippen molar-refractivity contribution < 1.29 is 9.47 Å². The summed E-state index contributed by atoms with van der Waals surface area (Å²) in [6.07, 6.45) is 4.24. The van der Waals surface area contributed by atoms with Crippen molar-refractivity contribution in [1.82, 2.24) is 5.32 Å². The molecule has 16 heavy (non-hydrogen) atoms. The topological polar surface area (TPSA) is 30.5 Å². The summed E-state index contributed by atoms with van der Waals surface area (Å²) in [4.78, 5) is 0. The van der Waals surface area contributed by atoms with E-state index in [2.05, 4.69) is 26.1 Å². The standard InChI is InChI=1S/C13H27NO2/c1-4-14-12(10-15-5-2)7-11-8-13(9-11)16-6-3/h11-14H,4-10H2,1-3H3. The van der Waals surface area contributed by atoms with Gasteiger partial charge in [-0.2, -0.15) is 0 Å². The van der Waals surface area contributed by atoms with E-state index in [1.54, 1.807) is 0 Å². The summed E-state index contributed by atoms with van der Waals surface area (Å²) in [5.74, 6) is 0.834. The lowest BCUT2D eigenvalue weighted by Crippen LogP contribution is -2.40. The molecule has 1 rings (SSSR count). The monoisotopic (exact) mass is 229 g/mol. The van der Waals surface area contributed by atoms with Crippen molar-refractivity contribution >= 4 is 0 Å². The van der Waals surface area contributed by atoms with Crippen LogP contribution in [0.25, 0.3) is 0 Å². The van der Waals surface area contributed by atoms with E-state index in [4.69, 9.17) is 9.47 Å². The van der Waals surface area contributed by atoms with Crippen LogP contribution in [0.3, 0.4) is 0 Å². The Morgan fingerprint density at radius 1 is 1.19 bits per heavy atom. The molecule has 0 aromatic heterocycles. The Balaban J connectivity index is 2.12. The van der Waals surface area contributed by atoms with Gasteiger partial charge in [-0.15, -0.1) is 0 Å². The molecular formula is C13H27NO2. The molecule has 0 amide bonds. The van der Waals surface area contributed by atoms with Gasteiger partial charge in [-0.3, -0.25) is 0 Å². The molecule has 3 nitrogen and oxygen atoms in total. The predicted molar refractivity (Wildman–Crippen MR) is 66.7 cm³/mol. The van der Waals surface area contributed by atoms with E-state index >= 15 is 0 Å². The maximum atomic E-state index is 5.58. The molecule has 0 heterocycles. The highest BCUT2D eigenvalue weighted by atomic mass is 16.5. The van der Waals surface area contributed by atoms with Crippen molar-refractivity contribution in [3.05, 3.63) is 0 Å². The molecule has 96 valence electrons. The summed E-state index contributed by atoms with van der Waals surface area (Å²) >= 11 is 0. The molecule has 0 aromatic carbocycles. The molecule has 1 aliphatic rings. The zero-order chi connectivity index (χ0) is 11.8. The number of hydrogen-bond donors (Lipinski definition) is 1. The smallest absolute Gasteiger partial charge is 0.0619 e. The predicted octanol–water partition coefficient (Wildman–Crippen LogP) is 2.21. The molecule has 3 heteroatoms. The summed E-state index contributed by atoms with van der Waals surface area (Å²) in [6.45, 7) is 9.82. The first-order valence-electron chi connectivity index (χ1n) is 6.72. The summed E-state index contributed by atoms with van der Waals surface area (Å²) in [6, 6.07) is 0.525. The molecule has 1 unspecified atom stereocenters. The third kappa shape index (κ3) is 4.81. The van der Waals surface area contributed by atoms with Gasteiger partial charge in [0.15, 0.2) is 0 Å². The van der Waals surface area contributed by atoms with Crippen LogP contribution in [0.4, 0.5) is 0 Å². The normalized spacial score (nSPS) is 26.4. The van der Waals surface area contributed by atoms with Gasteiger partial charge in [0.25, 0.3) is 0 Å². The van der Waals surface area contributed by atoms with Gasteiger partial charge in [-0.25, -0.2) is 0 Å². The van der Waals surface area contributed by atoms with E-state index < -0.39 is 0 Å². The summed E-state index contributed by atoms with van der Waals surface area (Å²) in [5, 5.41) is 3.50. The minimum Gasteiger partial charge on any atom is -0.380 e. The second-order valence-electron chi connectivity index (χ2n) is 4.56. The second kappa shape index (κ2) is 8.04. The Hall–Kier alpha value is -0.120. The minimum atomic E-state index is 0.525. The lowest BCUT2D eigenvalue weighted by Gasteiger charge is -2.37. The van der Waals surface area contributed by atoms with Crippen LogP contribution in [0.1, 0.15) is 40.0 Å². The Morgan fingerprint density at radius 3 is 2.50 bits per heavy atom. The van der Waals surface area contributed by atoms with E-state index in [1.165, 1.54) is 19.3 Å². The minimum absolute atomic E-state index is 0.525. The van der Waals surface area contributed by atoms with Crippen molar-refractivity contribution in [2.45, 2.75) is 52.2 Å². The molecule has 0 radical (unpaired) electrons. The van der Waals surface area contributed by atoms with Gasteiger partial charge in [0.05, 0.1) is 12.7 Å². The molecule has 0 bridgehead atoms. The van der Waals surface area contributed by atoms with Crippen molar-refractivity contribution in [2.24, 2.45) is 5.92 Å². The molecule has 0 aliphatic heterocycles. The zero-order valence-corrected chi connectivity index (χ0v) is 11.0. The van der Waals surface area contributed by atoms with E-state index in [0.717, 1.165) is 32.3 Å². The van der Waals surface area contributed by atoms with Crippen LogP contribution in [-0.2, 0) is 9.47 Å². The van der Waals surface area contributed by atoms with E-state index in [-0.39, 0.29) is 0 Å². The maximum absolute atomic E-state index is 5.58. The highest BCUT2D eigenvalue weighted by Crippen LogP contribution is 2.33. The fourth-order valence-electron chi connectivity index (χ4n) is 2.40. The second-order valence-corrected chi connectivity index (χ2v) is 4.56. The van der Waals surface area contributed by atoms with Gasteiger partial charge < -0.3 is 14.8 Å². The van der Waals surface area contributed by atoms with Gasteiger partial charge in [-0.1, -0.05) is 6.92 Å². The highest BCUT2D eigenvalue weighted by Gasteiger charge is 2.31. The number of nitrogens with one attached hydrogen (secondary N) is 1. The Bertz CT molecular complexity index is 169. The molecule has 0 aromatic rings. The first-order valence-corrected chi connectivity index (χ1v) is 6.72. The number of likely N-dealkylation sites (N-methyl/N-ethyl adjacent to an activating group) is 1. The number of rotatable bonds is 9. The fraction of sp³-hybridized carbons (Fsp3) is 1.00. The van der Waals surface area contributed by atoms with Gasteiger partial charge >= 0.3 is 0 Å². The van der Waals surface area contributed by atoms with Gasteiger partial charge in [0, 0.05) is 19.3 Å². The maximum Gasteiger partial charge on any atom is 0.0619 e. The Kier molecular flexibility index (Phi) is 7.01. The van der Waals surface area contributed by atoms with Gasteiger partial charge in [0.2, 0.25) is 0 Å². The Morgan fingerprint density at radius 2 is 1.94 bits per heavy atom. The van der Waals surface area contributed by atoms with Crippen LogP contribution in [0.15, 0.2) is 0 Å². The third-order valence-electron chi connectivity index (χ3n) is 3.23. The molecule has 1 atom stereocenters. The lowest BCUT2D eigenvalue weighted by atomic mass is 9.78. The summed E-state index contributed by atoms with van der Waals surface area (Å²) in [7, 11) is 0. The highest BCUT2D eigenvalue weighted by molar-refractivity contribution is 4.84. The molecular weight excluding hydrogens is 202 g/mol. The average Bonchev–Trinajstić information content (AvgIpc) is 2.23. The number of hydrogen-bond acceptors (Lipinski definition) is 3. The molecule has 1 fully saturated rings. The van der Waals surface area contributed by atoms with Gasteiger partial charge in [-0.05, 0) is 45.6 Å². The quantitative estimate of drug-likeness (QED) is 0.657. The van der Waals surface area contributed by atoms with Crippen LogP contribution in [-0.4, -0.2) is 38.5 Å². The van der Waals surface area contributed by atoms with E-state index in [9.17, 15) is 0 Å². The molecule has 0 saturated heterocycles. The largest absolute Gasteiger partial charge is 0.380 e. The van der Waals surface area contributed by atoms with E-state index in [1.807, 2.05) is 0 Å². The van der Waals surface area contributed by atoms with Crippen LogP contribution in [0.2, 0.25) is 0 Å². The first-order chi connectivity index (χ1) is 7.80. The molecule has 1 saturated carbocycles. The fourth-order valence-corrected chi connectivity index (χ4v) is 2.40.